The second-order valence-electron chi connectivity index (χ2n) is 3.59. The van der Waals surface area contributed by atoms with Crippen molar-refractivity contribution >= 4 is 17.2 Å². The van der Waals surface area contributed by atoms with Crippen LogP contribution in [0.1, 0.15) is 30.4 Å². The Labute approximate surface area is 97.2 Å². The summed E-state index contributed by atoms with van der Waals surface area (Å²) in [5.41, 5.74) is 2.42. The van der Waals surface area contributed by atoms with Crippen molar-refractivity contribution in [1.82, 2.24) is 5.32 Å². The molecule has 0 heterocycles. The third-order valence-electron chi connectivity index (χ3n) is 2.48. The average Bonchev–Trinajstić information content (AvgIpc) is 2.28. The maximum absolute atomic E-state index is 5.28. The van der Waals surface area contributed by atoms with Crippen LogP contribution in [0.3, 0.4) is 0 Å². The number of allylic oxidation sites excluding steroid dienone is 1. The molecule has 80 valence electrons. The summed E-state index contributed by atoms with van der Waals surface area (Å²) in [6, 6.07) is 8.26. The normalized spacial score (nSPS) is 11.9. The van der Waals surface area contributed by atoms with E-state index in [1.54, 1.807) is 0 Å². The molecule has 1 aromatic carbocycles. The van der Waals surface area contributed by atoms with Crippen LogP contribution in [0.25, 0.3) is 0 Å². The highest BCUT2D eigenvalue weighted by atomic mass is 32.1. The standard InChI is InChI=1S/C13H17NS/c1-4-7-10(2)11-8-5-6-9-12(11)13(15)14-3/h4-6,8-10H,1,7H2,2-3H3,(H,14,15). The topological polar surface area (TPSA) is 12.0 Å². The van der Waals surface area contributed by atoms with Crippen LogP contribution in [0.2, 0.25) is 0 Å². The highest BCUT2D eigenvalue weighted by molar-refractivity contribution is 7.80. The van der Waals surface area contributed by atoms with Crippen molar-refractivity contribution in [2.75, 3.05) is 7.05 Å². The lowest BCUT2D eigenvalue weighted by Gasteiger charge is -2.15. The van der Waals surface area contributed by atoms with E-state index in [4.69, 9.17) is 12.2 Å². The van der Waals surface area contributed by atoms with Gasteiger partial charge in [0.1, 0.15) is 4.99 Å². The van der Waals surface area contributed by atoms with Crippen molar-refractivity contribution in [3.63, 3.8) is 0 Å². The molecule has 0 radical (unpaired) electrons. The van der Waals surface area contributed by atoms with Gasteiger partial charge in [-0.25, -0.2) is 0 Å². The van der Waals surface area contributed by atoms with E-state index in [1.165, 1.54) is 5.56 Å². The summed E-state index contributed by atoms with van der Waals surface area (Å²) >= 11 is 5.28. The van der Waals surface area contributed by atoms with Gasteiger partial charge < -0.3 is 5.32 Å². The third-order valence-corrected chi connectivity index (χ3v) is 2.91. The minimum absolute atomic E-state index is 0.463. The van der Waals surface area contributed by atoms with Crippen molar-refractivity contribution in [2.45, 2.75) is 19.3 Å². The van der Waals surface area contributed by atoms with Crippen LogP contribution in [0.5, 0.6) is 0 Å². The molecule has 1 aromatic rings. The molecule has 0 aromatic heterocycles. The Hall–Kier alpha value is -1.15. The summed E-state index contributed by atoms with van der Waals surface area (Å²) in [5.74, 6) is 0.463. The van der Waals surface area contributed by atoms with Crippen molar-refractivity contribution in [3.05, 3.63) is 48.0 Å². The van der Waals surface area contributed by atoms with E-state index in [1.807, 2.05) is 19.2 Å². The van der Waals surface area contributed by atoms with Crippen LogP contribution in [-0.4, -0.2) is 12.0 Å². The molecule has 1 atom stereocenters. The van der Waals surface area contributed by atoms with Crippen LogP contribution < -0.4 is 5.32 Å². The molecule has 0 aliphatic rings. The second kappa shape index (κ2) is 5.66. The zero-order valence-corrected chi connectivity index (χ0v) is 10.1. The molecule has 0 aliphatic carbocycles. The lowest BCUT2D eigenvalue weighted by molar-refractivity contribution is 0.779. The molecule has 1 N–H and O–H groups in total. The smallest absolute Gasteiger partial charge is 0.106 e. The van der Waals surface area contributed by atoms with E-state index in [9.17, 15) is 0 Å². The van der Waals surface area contributed by atoms with E-state index < -0.39 is 0 Å². The molecule has 1 unspecified atom stereocenters. The Bertz CT molecular complexity index is 357. The predicted molar refractivity (Wildman–Crippen MR) is 70.4 cm³/mol. The van der Waals surface area contributed by atoms with Crippen molar-refractivity contribution in [2.24, 2.45) is 0 Å². The number of hydrogen-bond donors (Lipinski definition) is 1. The molecular weight excluding hydrogens is 202 g/mol. The molecule has 0 bridgehead atoms. The average molecular weight is 219 g/mol. The third kappa shape index (κ3) is 2.90. The molecule has 0 saturated carbocycles. The Morgan fingerprint density at radius 3 is 2.80 bits per heavy atom. The first-order chi connectivity index (χ1) is 7.20. The number of thiocarbonyl (C=S) groups is 1. The molecule has 0 amide bonds. The summed E-state index contributed by atoms with van der Waals surface area (Å²) in [6.45, 7) is 5.97. The van der Waals surface area contributed by atoms with Gasteiger partial charge in [0.15, 0.2) is 0 Å². The maximum Gasteiger partial charge on any atom is 0.106 e. The van der Waals surface area contributed by atoms with Gasteiger partial charge >= 0.3 is 0 Å². The minimum Gasteiger partial charge on any atom is -0.379 e. The van der Waals surface area contributed by atoms with Crippen LogP contribution in [0, 0.1) is 0 Å². The highest BCUT2D eigenvalue weighted by Crippen LogP contribution is 2.23. The Balaban J connectivity index is 3.05. The van der Waals surface area contributed by atoms with Crippen molar-refractivity contribution in [1.29, 1.82) is 0 Å². The van der Waals surface area contributed by atoms with Crippen LogP contribution >= 0.6 is 12.2 Å². The lowest BCUT2D eigenvalue weighted by Crippen LogP contribution is -2.18. The Morgan fingerprint density at radius 1 is 1.53 bits per heavy atom. The summed E-state index contributed by atoms with van der Waals surface area (Å²) in [7, 11) is 1.86. The number of nitrogens with one attached hydrogen (secondary N) is 1. The van der Waals surface area contributed by atoms with E-state index in [0.29, 0.717) is 5.92 Å². The molecule has 15 heavy (non-hydrogen) atoms. The quantitative estimate of drug-likeness (QED) is 0.616. The van der Waals surface area contributed by atoms with Gasteiger partial charge in [-0.15, -0.1) is 6.58 Å². The van der Waals surface area contributed by atoms with Crippen LogP contribution in [-0.2, 0) is 0 Å². The van der Waals surface area contributed by atoms with E-state index in [-0.39, 0.29) is 0 Å². The molecule has 0 spiro atoms. The monoisotopic (exact) mass is 219 g/mol. The van der Waals surface area contributed by atoms with Crippen molar-refractivity contribution in [3.8, 4) is 0 Å². The molecule has 1 nitrogen and oxygen atoms in total. The largest absolute Gasteiger partial charge is 0.379 e. The highest BCUT2D eigenvalue weighted by Gasteiger charge is 2.10. The fourth-order valence-electron chi connectivity index (χ4n) is 1.65. The summed E-state index contributed by atoms with van der Waals surface area (Å²) < 4.78 is 0. The van der Waals surface area contributed by atoms with Gasteiger partial charge in [0, 0.05) is 12.6 Å². The Kier molecular flexibility index (Phi) is 4.50. The molecule has 0 aliphatic heterocycles. The molecule has 0 saturated heterocycles. The van der Waals surface area contributed by atoms with Gasteiger partial charge in [-0.1, -0.05) is 49.5 Å². The fourth-order valence-corrected chi connectivity index (χ4v) is 1.83. The van der Waals surface area contributed by atoms with Gasteiger partial charge in [-0.2, -0.15) is 0 Å². The van der Waals surface area contributed by atoms with Crippen LogP contribution in [0.15, 0.2) is 36.9 Å². The van der Waals surface area contributed by atoms with Gasteiger partial charge in [0.2, 0.25) is 0 Å². The maximum atomic E-state index is 5.28. The fraction of sp³-hybridized carbons (Fsp3) is 0.308. The molecular formula is C13H17NS. The van der Waals surface area contributed by atoms with Gasteiger partial charge in [-0.3, -0.25) is 0 Å². The second-order valence-corrected chi connectivity index (χ2v) is 4.00. The first kappa shape index (κ1) is 11.9. The van der Waals surface area contributed by atoms with E-state index in [2.05, 4.69) is 37.0 Å². The summed E-state index contributed by atoms with van der Waals surface area (Å²) in [4.78, 5) is 0.807. The SMILES string of the molecule is C=CCC(C)c1ccccc1C(=S)NC. The zero-order valence-electron chi connectivity index (χ0n) is 9.29. The number of rotatable bonds is 4. The van der Waals surface area contributed by atoms with Crippen LogP contribution in [0.4, 0.5) is 0 Å². The first-order valence-electron chi connectivity index (χ1n) is 5.12. The summed E-state index contributed by atoms with van der Waals surface area (Å²) in [5, 5.41) is 3.02. The van der Waals surface area contributed by atoms with E-state index >= 15 is 0 Å². The lowest BCUT2D eigenvalue weighted by atomic mass is 9.93. The van der Waals surface area contributed by atoms with E-state index in [0.717, 1.165) is 17.0 Å². The summed E-state index contributed by atoms with van der Waals surface area (Å²) in [6.07, 6.45) is 2.92. The molecule has 0 fully saturated rings. The Morgan fingerprint density at radius 2 is 2.20 bits per heavy atom. The zero-order chi connectivity index (χ0) is 11.3. The molecule has 2 heteroatoms. The number of benzene rings is 1. The first-order valence-corrected chi connectivity index (χ1v) is 5.53. The molecule has 1 rings (SSSR count). The predicted octanol–water partition coefficient (Wildman–Crippen LogP) is 3.26. The van der Waals surface area contributed by atoms with Gasteiger partial charge in [0.25, 0.3) is 0 Å². The minimum atomic E-state index is 0.463. The van der Waals surface area contributed by atoms with Gasteiger partial charge in [0.05, 0.1) is 0 Å². The van der Waals surface area contributed by atoms with Crippen molar-refractivity contribution < 1.29 is 0 Å². The number of hydrogen-bond acceptors (Lipinski definition) is 1. The van der Waals surface area contributed by atoms with Gasteiger partial charge in [-0.05, 0) is 17.9 Å².